The van der Waals surface area contributed by atoms with Crippen LogP contribution in [0.2, 0.25) is 0 Å². The topological polar surface area (TPSA) is 58.3 Å². The molecule has 0 saturated heterocycles. The average Bonchev–Trinajstić information content (AvgIpc) is 2.81. The van der Waals surface area contributed by atoms with Crippen molar-refractivity contribution in [1.82, 2.24) is 9.78 Å². The number of aryl methyl sites for hydroxylation is 2. The van der Waals surface area contributed by atoms with Gasteiger partial charge in [-0.1, -0.05) is 29.8 Å². The third-order valence-electron chi connectivity index (χ3n) is 3.52. The smallest absolute Gasteiger partial charge is 0.0635 e. The molecule has 2 aromatic rings. The lowest BCUT2D eigenvalue weighted by molar-refractivity contribution is 0.115. The van der Waals surface area contributed by atoms with Crippen LogP contribution in [-0.2, 0) is 18.9 Å². The molecule has 0 radical (unpaired) electrons. The zero-order valence-electron chi connectivity index (χ0n) is 11.4. The van der Waals surface area contributed by atoms with Gasteiger partial charge in [0.2, 0.25) is 0 Å². The maximum atomic E-state index is 9.79. The van der Waals surface area contributed by atoms with Gasteiger partial charge in [0.15, 0.2) is 0 Å². The van der Waals surface area contributed by atoms with E-state index in [1.165, 1.54) is 0 Å². The van der Waals surface area contributed by atoms with Crippen LogP contribution in [0.1, 0.15) is 16.8 Å². The van der Waals surface area contributed by atoms with Gasteiger partial charge in [-0.25, -0.2) is 0 Å². The number of hydrogen-bond donors (Lipinski definition) is 2. The maximum Gasteiger partial charge on any atom is 0.0635 e. The second-order valence-electron chi connectivity index (χ2n) is 5.12. The number of nitrogens with zero attached hydrogens (tertiary/aromatic N) is 2. The van der Waals surface area contributed by atoms with Gasteiger partial charge in [-0.05, 0) is 18.6 Å². The van der Waals surface area contributed by atoms with Crippen LogP contribution < -0.4 is 0 Å². The van der Waals surface area contributed by atoms with Gasteiger partial charge in [0, 0.05) is 25.1 Å². The third-order valence-corrected chi connectivity index (χ3v) is 3.52. The number of aliphatic hydroxyl groups is 2. The Labute approximate surface area is 113 Å². The molecular formula is C15H20N2O2. The molecule has 0 atom stereocenters. The van der Waals surface area contributed by atoms with Gasteiger partial charge in [-0.15, -0.1) is 0 Å². The Balaban J connectivity index is 2.37. The highest BCUT2D eigenvalue weighted by Crippen LogP contribution is 2.28. The minimum atomic E-state index is -0.680. The molecule has 0 fully saturated rings. The van der Waals surface area contributed by atoms with E-state index in [1.54, 1.807) is 4.68 Å². The molecule has 4 nitrogen and oxygen atoms in total. The Kier molecular flexibility index (Phi) is 4.02. The Morgan fingerprint density at radius 1 is 1.21 bits per heavy atom. The summed E-state index contributed by atoms with van der Waals surface area (Å²) in [4.78, 5) is 0. The van der Waals surface area contributed by atoms with Gasteiger partial charge in [0.25, 0.3) is 0 Å². The monoisotopic (exact) mass is 260 g/mol. The van der Waals surface area contributed by atoms with Crippen LogP contribution in [0.5, 0.6) is 0 Å². The Morgan fingerprint density at radius 2 is 1.95 bits per heavy atom. The molecule has 0 amide bonds. The SMILES string of the molecule is Cc1cccc(C(CO)(CO)Cc2ccn(C)n2)c1. The zero-order valence-corrected chi connectivity index (χ0v) is 11.4. The molecule has 0 aliphatic heterocycles. The van der Waals surface area contributed by atoms with Crippen LogP contribution in [0.4, 0.5) is 0 Å². The highest BCUT2D eigenvalue weighted by atomic mass is 16.3. The lowest BCUT2D eigenvalue weighted by Crippen LogP contribution is -2.37. The van der Waals surface area contributed by atoms with Gasteiger partial charge < -0.3 is 10.2 Å². The summed E-state index contributed by atoms with van der Waals surface area (Å²) in [5.41, 5.74) is 2.25. The number of aliphatic hydroxyl groups excluding tert-OH is 2. The molecule has 19 heavy (non-hydrogen) atoms. The molecule has 1 heterocycles. The average molecular weight is 260 g/mol. The normalized spacial score (nSPS) is 11.8. The molecule has 2 N–H and O–H groups in total. The first-order valence-electron chi connectivity index (χ1n) is 6.37. The largest absolute Gasteiger partial charge is 0.395 e. The molecule has 0 spiro atoms. The highest BCUT2D eigenvalue weighted by molar-refractivity contribution is 5.31. The lowest BCUT2D eigenvalue weighted by Gasteiger charge is -2.30. The summed E-state index contributed by atoms with van der Waals surface area (Å²) in [5, 5.41) is 23.9. The quantitative estimate of drug-likeness (QED) is 0.849. The first kappa shape index (κ1) is 13.8. The van der Waals surface area contributed by atoms with Gasteiger partial charge in [-0.2, -0.15) is 5.10 Å². The molecular weight excluding hydrogens is 240 g/mol. The van der Waals surface area contributed by atoms with Gasteiger partial charge in [0.05, 0.1) is 18.9 Å². The minimum Gasteiger partial charge on any atom is -0.395 e. The van der Waals surface area contributed by atoms with Crippen molar-refractivity contribution in [2.45, 2.75) is 18.8 Å². The van der Waals surface area contributed by atoms with Crippen molar-refractivity contribution in [3.8, 4) is 0 Å². The fourth-order valence-corrected chi connectivity index (χ4v) is 2.33. The van der Waals surface area contributed by atoms with E-state index in [0.29, 0.717) is 6.42 Å². The summed E-state index contributed by atoms with van der Waals surface area (Å²) in [5.74, 6) is 0. The van der Waals surface area contributed by atoms with Crippen molar-refractivity contribution >= 4 is 0 Å². The fourth-order valence-electron chi connectivity index (χ4n) is 2.33. The molecule has 0 saturated carbocycles. The first-order valence-corrected chi connectivity index (χ1v) is 6.37. The van der Waals surface area contributed by atoms with Crippen LogP contribution in [0.3, 0.4) is 0 Å². The number of aromatic nitrogens is 2. The van der Waals surface area contributed by atoms with Crippen LogP contribution in [-0.4, -0.2) is 33.2 Å². The molecule has 1 aromatic heterocycles. The van der Waals surface area contributed by atoms with Gasteiger partial charge >= 0.3 is 0 Å². The molecule has 0 bridgehead atoms. The molecule has 1 aromatic carbocycles. The van der Waals surface area contributed by atoms with E-state index in [1.807, 2.05) is 50.5 Å². The van der Waals surface area contributed by atoms with E-state index in [-0.39, 0.29) is 13.2 Å². The summed E-state index contributed by atoms with van der Waals surface area (Å²) >= 11 is 0. The number of benzene rings is 1. The summed E-state index contributed by atoms with van der Waals surface area (Å²) in [6, 6.07) is 9.82. The molecule has 102 valence electrons. The summed E-state index contributed by atoms with van der Waals surface area (Å²) in [6.45, 7) is 1.79. The Morgan fingerprint density at radius 3 is 2.47 bits per heavy atom. The van der Waals surface area contributed by atoms with Crippen LogP contribution in [0.15, 0.2) is 36.5 Å². The van der Waals surface area contributed by atoms with Crippen molar-refractivity contribution in [2.75, 3.05) is 13.2 Å². The predicted molar refractivity (Wildman–Crippen MR) is 73.9 cm³/mol. The zero-order chi connectivity index (χ0) is 13.9. The second-order valence-corrected chi connectivity index (χ2v) is 5.12. The number of rotatable bonds is 5. The number of hydrogen-bond acceptors (Lipinski definition) is 3. The van der Waals surface area contributed by atoms with Crippen molar-refractivity contribution in [2.24, 2.45) is 7.05 Å². The van der Waals surface area contributed by atoms with Crippen molar-refractivity contribution in [3.63, 3.8) is 0 Å². The summed E-state index contributed by atoms with van der Waals surface area (Å²) in [7, 11) is 1.86. The van der Waals surface area contributed by atoms with Crippen LogP contribution in [0.25, 0.3) is 0 Å². The second kappa shape index (κ2) is 5.55. The van der Waals surface area contributed by atoms with E-state index in [9.17, 15) is 10.2 Å². The summed E-state index contributed by atoms with van der Waals surface area (Å²) in [6.07, 6.45) is 2.38. The van der Waals surface area contributed by atoms with Crippen molar-refractivity contribution in [3.05, 3.63) is 53.3 Å². The maximum absolute atomic E-state index is 9.79. The molecule has 0 unspecified atom stereocenters. The van der Waals surface area contributed by atoms with Gasteiger partial charge in [-0.3, -0.25) is 4.68 Å². The van der Waals surface area contributed by atoms with Crippen LogP contribution in [0, 0.1) is 6.92 Å². The Hall–Kier alpha value is -1.65. The van der Waals surface area contributed by atoms with Crippen molar-refractivity contribution in [1.29, 1.82) is 0 Å². The van der Waals surface area contributed by atoms with Crippen LogP contribution >= 0.6 is 0 Å². The summed E-state index contributed by atoms with van der Waals surface area (Å²) < 4.78 is 1.73. The van der Waals surface area contributed by atoms with E-state index in [4.69, 9.17) is 0 Å². The minimum absolute atomic E-state index is 0.108. The molecule has 2 rings (SSSR count). The highest BCUT2D eigenvalue weighted by Gasteiger charge is 2.32. The third kappa shape index (κ3) is 2.85. The van der Waals surface area contributed by atoms with Crippen molar-refractivity contribution < 1.29 is 10.2 Å². The lowest BCUT2D eigenvalue weighted by atomic mass is 9.77. The van der Waals surface area contributed by atoms with E-state index in [2.05, 4.69) is 5.10 Å². The van der Waals surface area contributed by atoms with E-state index >= 15 is 0 Å². The van der Waals surface area contributed by atoms with Gasteiger partial charge in [0.1, 0.15) is 0 Å². The van der Waals surface area contributed by atoms with E-state index < -0.39 is 5.41 Å². The molecule has 0 aliphatic carbocycles. The Bertz CT molecular complexity index is 545. The standard InChI is InChI=1S/C15H20N2O2/c1-12-4-3-5-13(8-12)15(10-18,11-19)9-14-6-7-17(2)16-14/h3-8,18-19H,9-11H2,1-2H3. The molecule has 0 aliphatic rings. The first-order chi connectivity index (χ1) is 9.09. The predicted octanol–water partition coefficient (Wildman–Crippen LogP) is 1.19. The fraction of sp³-hybridized carbons (Fsp3) is 0.400. The van der Waals surface area contributed by atoms with E-state index in [0.717, 1.165) is 16.8 Å². The molecule has 4 heteroatoms.